The number of carbonyl (C=O) groups is 1. The molecule has 0 aromatic heterocycles. The van der Waals surface area contributed by atoms with Crippen molar-refractivity contribution in [1.29, 1.82) is 5.26 Å². The van der Waals surface area contributed by atoms with Gasteiger partial charge in [-0.25, -0.2) is 0 Å². The number of nitrogens with one attached hydrogen (secondary N) is 1. The second-order valence-electron chi connectivity index (χ2n) is 7.22. The fraction of sp³-hybridized carbons (Fsp3) is 0. The van der Waals surface area contributed by atoms with Crippen LogP contribution in [0.5, 0.6) is 5.75 Å². The SMILES string of the molecule is N#C/C(=C/c1ccccc1OS(=O)(=O)c1ccc2ccccc2c1)C(=O)Nc1ccc(Cl)cc1. The van der Waals surface area contributed by atoms with Crippen LogP contribution in [0.1, 0.15) is 5.56 Å². The fourth-order valence-electron chi connectivity index (χ4n) is 3.20. The summed E-state index contributed by atoms with van der Waals surface area (Å²) < 4.78 is 31.3. The van der Waals surface area contributed by atoms with Crippen molar-refractivity contribution < 1.29 is 17.4 Å². The number of halogens is 1. The summed E-state index contributed by atoms with van der Waals surface area (Å²) >= 11 is 5.85. The van der Waals surface area contributed by atoms with Crippen molar-refractivity contribution in [3.63, 3.8) is 0 Å². The average Bonchev–Trinajstić information content (AvgIpc) is 2.84. The Morgan fingerprint density at radius 1 is 0.912 bits per heavy atom. The summed E-state index contributed by atoms with van der Waals surface area (Å²) in [5, 5.41) is 14.3. The minimum absolute atomic E-state index is 0.00836. The summed E-state index contributed by atoms with van der Waals surface area (Å²) in [5.74, 6) is -0.667. The van der Waals surface area contributed by atoms with Crippen molar-refractivity contribution in [1.82, 2.24) is 0 Å². The predicted octanol–water partition coefficient (Wildman–Crippen LogP) is 5.81. The first kappa shape index (κ1) is 23.1. The molecule has 0 aliphatic carbocycles. The van der Waals surface area contributed by atoms with E-state index in [1.54, 1.807) is 48.5 Å². The first-order valence-corrected chi connectivity index (χ1v) is 11.9. The van der Waals surface area contributed by atoms with E-state index in [9.17, 15) is 18.5 Å². The molecular weight excluding hydrogens is 472 g/mol. The molecule has 1 amide bonds. The van der Waals surface area contributed by atoms with Crippen LogP contribution >= 0.6 is 11.6 Å². The zero-order valence-electron chi connectivity index (χ0n) is 17.6. The van der Waals surface area contributed by atoms with E-state index in [2.05, 4.69) is 5.32 Å². The highest BCUT2D eigenvalue weighted by atomic mass is 35.5. The number of hydrogen-bond donors (Lipinski definition) is 1. The number of nitrogens with zero attached hydrogens (tertiary/aromatic N) is 1. The predicted molar refractivity (Wildman–Crippen MR) is 132 cm³/mol. The molecule has 1 N–H and O–H groups in total. The molecule has 0 saturated heterocycles. The Hall–Kier alpha value is -4.12. The maximum Gasteiger partial charge on any atom is 0.339 e. The van der Waals surface area contributed by atoms with Gasteiger partial charge in [-0.3, -0.25) is 4.79 Å². The molecule has 0 unspecified atom stereocenters. The fourth-order valence-corrected chi connectivity index (χ4v) is 4.32. The molecule has 0 aliphatic heterocycles. The van der Waals surface area contributed by atoms with Crippen molar-refractivity contribution in [2.45, 2.75) is 4.90 Å². The quantitative estimate of drug-likeness (QED) is 0.210. The number of hydrogen-bond acceptors (Lipinski definition) is 5. The smallest absolute Gasteiger partial charge is 0.339 e. The summed E-state index contributed by atoms with van der Waals surface area (Å²) in [6.07, 6.45) is 1.27. The summed E-state index contributed by atoms with van der Waals surface area (Å²) in [5.41, 5.74) is 0.489. The van der Waals surface area contributed by atoms with Gasteiger partial charge < -0.3 is 9.50 Å². The van der Waals surface area contributed by atoms with Gasteiger partial charge in [0.05, 0.1) is 0 Å². The average molecular weight is 489 g/mol. The zero-order valence-corrected chi connectivity index (χ0v) is 19.2. The molecule has 4 aromatic rings. The number of anilines is 1. The standard InChI is InChI=1S/C26H17ClN2O4S/c27-22-10-12-23(13-11-22)29-26(30)21(17-28)15-20-7-3-4-8-25(20)33-34(31,32)24-14-9-18-5-1-2-6-19(18)16-24/h1-16H,(H,29,30)/b21-15-. The molecule has 0 aliphatic rings. The van der Waals surface area contributed by atoms with Crippen LogP contribution in [0.2, 0.25) is 5.02 Å². The van der Waals surface area contributed by atoms with Gasteiger partial charge in [0.1, 0.15) is 22.3 Å². The van der Waals surface area contributed by atoms with Crippen molar-refractivity contribution in [2.75, 3.05) is 5.32 Å². The van der Waals surface area contributed by atoms with Crippen molar-refractivity contribution >= 4 is 50.2 Å². The van der Waals surface area contributed by atoms with Gasteiger partial charge in [0.2, 0.25) is 0 Å². The minimum Gasteiger partial charge on any atom is -0.378 e. The number of para-hydroxylation sites is 1. The van der Waals surface area contributed by atoms with E-state index >= 15 is 0 Å². The van der Waals surface area contributed by atoms with Crippen LogP contribution in [0.25, 0.3) is 16.8 Å². The van der Waals surface area contributed by atoms with E-state index in [4.69, 9.17) is 15.8 Å². The molecule has 0 saturated carbocycles. The molecule has 34 heavy (non-hydrogen) atoms. The molecule has 0 heterocycles. The van der Waals surface area contributed by atoms with E-state index in [-0.39, 0.29) is 21.8 Å². The molecule has 4 rings (SSSR count). The number of benzene rings is 4. The summed E-state index contributed by atoms with van der Waals surface area (Å²) in [4.78, 5) is 12.6. The Kier molecular flexibility index (Phi) is 6.64. The highest BCUT2D eigenvalue weighted by Crippen LogP contribution is 2.27. The van der Waals surface area contributed by atoms with Gasteiger partial charge in [0.15, 0.2) is 0 Å². The maximum absolute atomic E-state index is 13.0. The third-order valence-corrected chi connectivity index (χ3v) is 6.38. The third kappa shape index (κ3) is 5.26. The van der Waals surface area contributed by atoms with Crippen LogP contribution in [-0.2, 0) is 14.9 Å². The monoisotopic (exact) mass is 488 g/mol. The molecule has 8 heteroatoms. The third-order valence-electron chi connectivity index (χ3n) is 4.90. The molecule has 6 nitrogen and oxygen atoms in total. The van der Waals surface area contributed by atoms with Crippen LogP contribution < -0.4 is 9.50 Å². The van der Waals surface area contributed by atoms with Gasteiger partial charge in [-0.1, -0.05) is 60.1 Å². The van der Waals surface area contributed by atoms with Gasteiger partial charge in [0, 0.05) is 16.3 Å². The van der Waals surface area contributed by atoms with E-state index in [1.165, 1.54) is 24.3 Å². The first-order chi connectivity index (χ1) is 16.4. The Labute approximate surface area is 201 Å². The van der Waals surface area contributed by atoms with Crippen molar-refractivity contribution in [3.05, 3.63) is 107 Å². The van der Waals surface area contributed by atoms with E-state index in [1.807, 2.05) is 30.3 Å². The molecule has 168 valence electrons. The molecule has 4 aromatic carbocycles. The minimum atomic E-state index is -4.17. The van der Waals surface area contributed by atoms with E-state index in [0.717, 1.165) is 10.8 Å². The van der Waals surface area contributed by atoms with Gasteiger partial charge in [-0.2, -0.15) is 13.7 Å². The van der Waals surface area contributed by atoms with Crippen molar-refractivity contribution in [3.8, 4) is 11.8 Å². The second-order valence-corrected chi connectivity index (χ2v) is 9.20. The molecule has 0 atom stereocenters. The highest BCUT2D eigenvalue weighted by molar-refractivity contribution is 7.87. The van der Waals surface area contributed by atoms with Gasteiger partial charge in [0.25, 0.3) is 5.91 Å². The zero-order chi connectivity index (χ0) is 24.1. The topological polar surface area (TPSA) is 96.3 Å². The lowest BCUT2D eigenvalue weighted by Crippen LogP contribution is -2.14. The number of fused-ring (bicyclic) bond motifs is 1. The summed E-state index contributed by atoms with van der Waals surface area (Å²) in [6, 6.07) is 26.6. The molecule has 0 fully saturated rings. The lowest BCUT2D eigenvalue weighted by molar-refractivity contribution is -0.112. The Morgan fingerprint density at radius 3 is 2.32 bits per heavy atom. The highest BCUT2D eigenvalue weighted by Gasteiger charge is 2.19. The lowest BCUT2D eigenvalue weighted by Gasteiger charge is -2.11. The van der Waals surface area contributed by atoms with Crippen LogP contribution in [-0.4, -0.2) is 14.3 Å². The van der Waals surface area contributed by atoms with Crippen LogP contribution in [0.4, 0.5) is 5.69 Å². The summed E-state index contributed by atoms with van der Waals surface area (Å²) in [6.45, 7) is 0. The molecule has 0 spiro atoms. The van der Waals surface area contributed by atoms with Crippen LogP contribution in [0.3, 0.4) is 0 Å². The van der Waals surface area contributed by atoms with Gasteiger partial charge in [-0.15, -0.1) is 0 Å². The number of carbonyl (C=O) groups excluding carboxylic acids is 1. The van der Waals surface area contributed by atoms with Crippen LogP contribution in [0.15, 0.2) is 101 Å². The van der Waals surface area contributed by atoms with Crippen LogP contribution in [0, 0.1) is 11.3 Å². The van der Waals surface area contributed by atoms with E-state index in [0.29, 0.717) is 10.7 Å². The van der Waals surface area contributed by atoms with E-state index < -0.39 is 16.0 Å². The van der Waals surface area contributed by atoms with Crippen molar-refractivity contribution in [2.24, 2.45) is 0 Å². The number of nitriles is 1. The number of rotatable bonds is 6. The summed E-state index contributed by atoms with van der Waals surface area (Å²) in [7, 11) is -4.17. The normalized spacial score (nSPS) is 11.6. The lowest BCUT2D eigenvalue weighted by atomic mass is 10.1. The Bertz CT molecular complexity index is 1560. The Morgan fingerprint density at radius 2 is 1.59 bits per heavy atom. The largest absolute Gasteiger partial charge is 0.378 e. The first-order valence-electron chi connectivity index (χ1n) is 10.1. The van der Waals surface area contributed by atoms with Gasteiger partial charge in [-0.05, 0) is 59.3 Å². The van der Waals surface area contributed by atoms with Gasteiger partial charge >= 0.3 is 10.1 Å². The molecule has 0 radical (unpaired) electrons. The number of amides is 1. The molecular formula is C26H17ClN2O4S. The maximum atomic E-state index is 13.0. The molecule has 0 bridgehead atoms. The second kappa shape index (κ2) is 9.79. The Balaban J connectivity index is 1.62.